The second kappa shape index (κ2) is 9.07. The number of halogens is 2. The van der Waals surface area contributed by atoms with Crippen molar-refractivity contribution >= 4 is 28.5 Å². The summed E-state index contributed by atoms with van der Waals surface area (Å²) in [6, 6.07) is 12.9. The Balaban J connectivity index is 1.58. The smallest absolute Gasteiger partial charge is 0.337 e. The molecule has 7 nitrogen and oxygen atoms in total. The van der Waals surface area contributed by atoms with Gasteiger partial charge in [0.2, 0.25) is 11.8 Å². The number of pyridine rings is 1. The molecule has 1 amide bonds. The molecule has 2 heterocycles. The van der Waals surface area contributed by atoms with Crippen LogP contribution in [0.25, 0.3) is 10.8 Å². The topological polar surface area (TPSA) is 104 Å². The van der Waals surface area contributed by atoms with E-state index in [-0.39, 0.29) is 47.9 Å². The van der Waals surface area contributed by atoms with E-state index >= 15 is 0 Å². The molecule has 4 rings (SSSR count). The molecule has 168 valence electrons. The Kier molecular flexibility index (Phi) is 6.03. The van der Waals surface area contributed by atoms with Crippen LogP contribution in [0.1, 0.15) is 28.0 Å². The maximum absolute atomic E-state index is 14.5. The lowest BCUT2D eigenvalue weighted by molar-refractivity contribution is -0.116. The van der Waals surface area contributed by atoms with Crippen LogP contribution in [-0.2, 0) is 17.8 Å². The number of amides is 1. The Hall–Kier alpha value is -4.27. The zero-order valence-electron chi connectivity index (χ0n) is 17.3. The molecule has 0 aliphatic rings. The van der Waals surface area contributed by atoms with E-state index < -0.39 is 17.6 Å². The highest BCUT2D eigenvalue weighted by Gasteiger charge is 2.20. The quantitative estimate of drug-likeness (QED) is 0.388. The summed E-state index contributed by atoms with van der Waals surface area (Å²) >= 11 is 0. The number of nitrogens with zero attached hydrogens (tertiary/aromatic N) is 2. The van der Waals surface area contributed by atoms with Gasteiger partial charge in [0, 0.05) is 23.7 Å². The van der Waals surface area contributed by atoms with Crippen LogP contribution in [0.4, 0.5) is 14.6 Å². The first-order valence-electron chi connectivity index (χ1n) is 10.1. The molecule has 9 heteroatoms. The maximum Gasteiger partial charge on any atom is 0.337 e. The van der Waals surface area contributed by atoms with Gasteiger partial charge in [0.25, 0.3) is 0 Å². The van der Waals surface area contributed by atoms with Crippen molar-refractivity contribution in [1.82, 2.24) is 9.55 Å². The van der Waals surface area contributed by atoms with Crippen LogP contribution in [0, 0.1) is 11.6 Å². The van der Waals surface area contributed by atoms with Gasteiger partial charge in [-0.25, -0.2) is 18.6 Å². The number of hydrogen-bond acceptors (Lipinski definition) is 4. The molecule has 2 aromatic carbocycles. The molecule has 0 atom stereocenters. The van der Waals surface area contributed by atoms with Crippen LogP contribution in [0.15, 0.2) is 60.8 Å². The summed E-state index contributed by atoms with van der Waals surface area (Å²) < 4.78 is 29.2. The van der Waals surface area contributed by atoms with Crippen molar-refractivity contribution in [3.8, 4) is 5.88 Å². The van der Waals surface area contributed by atoms with Crippen LogP contribution in [0.3, 0.4) is 0 Å². The Morgan fingerprint density at radius 2 is 1.79 bits per heavy atom. The zero-order valence-corrected chi connectivity index (χ0v) is 17.3. The summed E-state index contributed by atoms with van der Waals surface area (Å²) in [4.78, 5) is 27.3. The SMILES string of the molecule is O=C(CCc1c2cccc(F)c2c(O)n1Cc1ccc(F)cc1)Nc1ccc(C(=O)O)cn1. The van der Waals surface area contributed by atoms with Crippen LogP contribution in [-0.4, -0.2) is 31.6 Å². The van der Waals surface area contributed by atoms with Crippen molar-refractivity contribution in [1.29, 1.82) is 0 Å². The number of aryl methyl sites for hydroxylation is 1. The molecule has 0 aliphatic carbocycles. The largest absolute Gasteiger partial charge is 0.494 e. The molecule has 0 unspecified atom stereocenters. The van der Waals surface area contributed by atoms with E-state index in [4.69, 9.17) is 5.11 Å². The second-order valence-corrected chi connectivity index (χ2v) is 7.43. The highest BCUT2D eigenvalue weighted by Crippen LogP contribution is 2.35. The van der Waals surface area contributed by atoms with Gasteiger partial charge >= 0.3 is 5.97 Å². The highest BCUT2D eigenvalue weighted by molar-refractivity contribution is 5.93. The third kappa shape index (κ3) is 4.67. The number of benzene rings is 2. The zero-order chi connectivity index (χ0) is 23.5. The third-order valence-electron chi connectivity index (χ3n) is 5.25. The van der Waals surface area contributed by atoms with Gasteiger partial charge in [-0.2, -0.15) is 0 Å². The molecular formula is C24H19F2N3O4. The lowest BCUT2D eigenvalue weighted by Crippen LogP contribution is -2.15. The molecule has 0 fully saturated rings. The van der Waals surface area contributed by atoms with Crippen molar-refractivity contribution in [2.24, 2.45) is 0 Å². The van der Waals surface area contributed by atoms with E-state index in [1.54, 1.807) is 18.2 Å². The molecular weight excluding hydrogens is 432 g/mol. The normalized spacial score (nSPS) is 11.0. The molecule has 0 aliphatic heterocycles. The fourth-order valence-corrected chi connectivity index (χ4v) is 3.64. The van der Waals surface area contributed by atoms with E-state index in [9.17, 15) is 23.5 Å². The van der Waals surface area contributed by atoms with Gasteiger partial charge in [-0.05, 0) is 42.3 Å². The van der Waals surface area contributed by atoms with Gasteiger partial charge < -0.3 is 20.1 Å². The summed E-state index contributed by atoms with van der Waals surface area (Å²) in [6.07, 6.45) is 1.32. The first kappa shape index (κ1) is 21.9. The number of carbonyl (C=O) groups excluding carboxylic acids is 1. The molecule has 3 N–H and O–H groups in total. The monoisotopic (exact) mass is 451 g/mol. The molecule has 0 radical (unpaired) electrons. The Labute approximate surface area is 186 Å². The van der Waals surface area contributed by atoms with Gasteiger partial charge in [-0.1, -0.05) is 24.3 Å². The molecule has 4 aromatic rings. The number of hydrogen-bond donors (Lipinski definition) is 3. The number of rotatable bonds is 7. The average molecular weight is 451 g/mol. The van der Waals surface area contributed by atoms with Gasteiger partial charge in [0.1, 0.15) is 17.5 Å². The number of carboxylic acids is 1. The fourth-order valence-electron chi connectivity index (χ4n) is 3.64. The predicted molar refractivity (Wildman–Crippen MR) is 117 cm³/mol. The Bertz CT molecular complexity index is 1330. The summed E-state index contributed by atoms with van der Waals surface area (Å²) in [5.74, 6) is -2.56. The van der Waals surface area contributed by atoms with E-state index in [2.05, 4.69) is 10.3 Å². The summed E-state index contributed by atoms with van der Waals surface area (Å²) in [7, 11) is 0. The number of fused-ring (bicyclic) bond motifs is 1. The first-order chi connectivity index (χ1) is 15.8. The molecule has 33 heavy (non-hydrogen) atoms. The Morgan fingerprint density at radius 3 is 2.45 bits per heavy atom. The van der Waals surface area contributed by atoms with E-state index in [1.165, 1.54) is 41.0 Å². The summed E-state index contributed by atoms with van der Waals surface area (Å²) in [5, 5.41) is 22.8. The minimum atomic E-state index is -1.12. The van der Waals surface area contributed by atoms with Crippen molar-refractivity contribution < 1.29 is 28.6 Å². The van der Waals surface area contributed by atoms with E-state index in [0.717, 1.165) is 6.20 Å². The molecule has 0 spiro atoms. The number of aromatic carboxylic acids is 1. The minimum Gasteiger partial charge on any atom is -0.494 e. The fraction of sp³-hybridized carbons (Fsp3) is 0.125. The Morgan fingerprint density at radius 1 is 1.03 bits per heavy atom. The van der Waals surface area contributed by atoms with Gasteiger partial charge in [-0.15, -0.1) is 0 Å². The number of anilines is 1. The van der Waals surface area contributed by atoms with Crippen LogP contribution in [0.5, 0.6) is 5.88 Å². The van der Waals surface area contributed by atoms with Crippen molar-refractivity contribution in [3.05, 3.63) is 89.2 Å². The number of carbonyl (C=O) groups is 2. The standard InChI is InChI=1S/C24H19F2N3O4/c25-16-7-4-14(5-8-16)13-29-19(17-2-1-3-18(26)22(17)23(29)31)9-11-21(30)28-20-10-6-15(12-27-20)24(32)33/h1-8,10,12,31H,9,11,13H2,(H,32,33)(H,27,28,30). The first-order valence-corrected chi connectivity index (χ1v) is 10.1. The minimum absolute atomic E-state index is 0.000840. The molecule has 2 aromatic heterocycles. The van der Waals surface area contributed by atoms with Gasteiger partial charge in [0.05, 0.1) is 17.5 Å². The van der Waals surface area contributed by atoms with Crippen LogP contribution >= 0.6 is 0 Å². The molecule has 0 saturated heterocycles. The van der Waals surface area contributed by atoms with E-state index in [1.807, 2.05) is 0 Å². The van der Waals surface area contributed by atoms with Crippen molar-refractivity contribution in [3.63, 3.8) is 0 Å². The second-order valence-electron chi connectivity index (χ2n) is 7.43. The van der Waals surface area contributed by atoms with Crippen LogP contribution < -0.4 is 5.32 Å². The number of aromatic nitrogens is 2. The number of carboxylic acid groups (broad SMARTS) is 1. The predicted octanol–water partition coefficient (Wildman–Crippen LogP) is 4.34. The summed E-state index contributed by atoms with van der Waals surface area (Å²) in [5.41, 5.74) is 1.24. The van der Waals surface area contributed by atoms with Crippen LogP contribution in [0.2, 0.25) is 0 Å². The molecule has 0 saturated carbocycles. The van der Waals surface area contributed by atoms with Gasteiger partial charge in [0.15, 0.2) is 0 Å². The summed E-state index contributed by atoms with van der Waals surface area (Å²) in [6.45, 7) is 0.162. The highest BCUT2D eigenvalue weighted by atomic mass is 19.1. The lowest BCUT2D eigenvalue weighted by Gasteiger charge is -2.11. The van der Waals surface area contributed by atoms with E-state index in [0.29, 0.717) is 16.6 Å². The van der Waals surface area contributed by atoms with Crippen molar-refractivity contribution in [2.75, 3.05) is 5.32 Å². The number of nitrogens with one attached hydrogen (secondary N) is 1. The van der Waals surface area contributed by atoms with Crippen molar-refractivity contribution in [2.45, 2.75) is 19.4 Å². The van der Waals surface area contributed by atoms with Gasteiger partial charge in [-0.3, -0.25) is 4.79 Å². The lowest BCUT2D eigenvalue weighted by atomic mass is 10.1. The maximum atomic E-state index is 14.5. The third-order valence-corrected chi connectivity index (χ3v) is 5.25. The number of aromatic hydroxyl groups is 1. The molecule has 0 bridgehead atoms. The average Bonchev–Trinajstić information content (AvgIpc) is 3.06.